The summed E-state index contributed by atoms with van der Waals surface area (Å²) in [6.45, 7) is -0.124. The van der Waals surface area contributed by atoms with E-state index in [1.54, 1.807) is 42.6 Å². The number of pyridine rings is 1. The minimum Gasteiger partial charge on any atom is -0.497 e. The lowest BCUT2D eigenvalue weighted by molar-refractivity contribution is -0.120. The highest BCUT2D eigenvalue weighted by atomic mass is 32.2. The molecule has 0 fully saturated rings. The third-order valence-electron chi connectivity index (χ3n) is 3.49. The summed E-state index contributed by atoms with van der Waals surface area (Å²) in [5.74, 6) is 0.202. The van der Waals surface area contributed by atoms with E-state index in [2.05, 4.69) is 15.0 Å². The molecule has 140 valence electrons. The molecule has 0 saturated carbocycles. The molecule has 8 nitrogen and oxygen atoms in total. The van der Waals surface area contributed by atoms with Crippen LogP contribution in [-0.4, -0.2) is 40.1 Å². The quantitative estimate of drug-likeness (QED) is 0.669. The van der Waals surface area contributed by atoms with Crippen molar-refractivity contribution in [1.29, 1.82) is 0 Å². The predicted octanol–water partition coefficient (Wildman–Crippen LogP) is 0.835. The molecule has 0 bridgehead atoms. The van der Waals surface area contributed by atoms with Gasteiger partial charge in [-0.2, -0.15) is 0 Å². The maximum absolute atomic E-state index is 12.2. The summed E-state index contributed by atoms with van der Waals surface area (Å²) < 4.78 is 37.0. The first-order chi connectivity index (χ1) is 12.4. The Morgan fingerprint density at radius 1 is 1.15 bits per heavy atom. The van der Waals surface area contributed by atoms with Crippen molar-refractivity contribution in [1.82, 2.24) is 15.0 Å². The largest absolute Gasteiger partial charge is 0.497 e. The fraction of sp³-hybridized carbons (Fsp3) is 0.294. The molecule has 0 radical (unpaired) electrons. The van der Waals surface area contributed by atoms with E-state index in [4.69, 9.17) is 9.47 Å². The average molecular weight is 379 g/mol. The summed E-state index contributed by atoms with van der Waals surface area (Å²) in [5, 5.41) is 2.60. The molecule has 0 atom stereocenters. The van der Waals surface area contributed by atoms with Gasteiger partial charge in [0.1, 0.15) is 11.5 Å². The van der Waals surface area contributed by atoms with Gasteiger partial charge in [-0.05, 0) is 18.2 Å². The van der Waals surface area contributed by atoms with E-state index in [1.807, 2.05) is 0 Å². The van der Waals surface area contributed by atoms with Gasteiger partial charge in [-0.3, -0.25) is 9.78 Å². The Bertz CT molecular complexity index is 841. The zero-order chi connectivity index (χ0) is 19.0. The van der Waals surface area contributed by atoms with Crippen molar-refractivity contribution in [3.63, 3.8) is 0 Å². The van der Waals surface area contributed by atoms with E-state index in [-0.39, 0.29) is 18.8 Å². The molecule has 0 unspecified atom stereocenters. The second-order valence-electron chi connectivity index (χ2n) is 5.36. The third kappa shape index (κ3) is 6.01. The van der Waals surface area contributed by atoms with Gasteiger partial charge in [0.25, 0.3) is 0 Å². The van der Waals surface area contributed by atoms with Crippen molar-refractivity contribution in [2.24, 2.45) is 0 Å². The Morgan fingerprint density at radius 3 is 2.62 bits per heavy atom. The molecule has 0 saturated heterocycles. The number of nitrogens with one attached hydrogen (secondary N) is 2. The molecule has 2 aromatic rings. The molecule has 9 heteroatoms. The fourth-order valence-electron chi connectivity index (χ4n) is 2.16. The van der Waals surface area contributed by atoms with E-state index in [0.717, 1.165) is 0 Å². The molecule has 2 N–H and O–H groups in total. The van der Waals surface area contributed by atoms with Gasteiger partial charge in [-0.1, -0.05) is 12.1 Å². The van der Waals surface area contributed by atoms with E-state index < -0.39 is 15.9 Å². The molecule has 1 aromatic carbocycles. The van der Waals surface area contributed by atoms with Crippen LogP contribution in [0.15, 0.2) is 42.6 Å². The third-order valence-corrected chi connectivity index (χ3v) is 4.76. The number of hydrogen-bond acceptors (Lipinski definition) is 6. The molecule has 1 amide bonds. The number of hydrogen-bond donors (Lipinski definition) is 2. The van der Waals surface area contributed by atoms with Gasteiger partial charge in [0, 0.05) is 17.8 Å². The highest BCUT2D eigenvalue weighted by Gasteiger charge is 2.17. The Kier molecular flexibility index (Phi) is 6.93. The molecule has 0 spiro atoms. The van der Waals surface area contributed by atoms with Gasteiger partial charge in [0.2, 0.25) is 15.9 Å². The van der Waals surface area contributed by atoms with E-state index in [1.165, 1.54) is 14.2 Å². The topological polar surface area (TPSA) is 107 Å². The number of methoxy groups -OCH3 is 2. The van der Waals surface area contributed by atoms with Crippen molar-refractivity contribution in [2.45, 2.75) is 12.3 Å². The first-order valence-electron chi connectivity index (χ1n) is 7.78. The molecular formula is C17H21N3O5S. The van der Waals surface area contributed by atoms with Gasteiger partial charge < -0.3 is 14.8 Å². The Morgan fingerprint density at radius 2 is 1.96 bits per heavy atom. The lowest BCUT2D eigenvalue weighted by Gasteiger charge is -2.11. The van der Waals surface area contributed by atoms with Crippen LogP contribution in [-0.2, 0) is 27.1 Å². The summed E-state index contributed by atoms with van der Waals surface area (Å²) in [5.41, 5.74) is 1.15. The van der Waals surface area contributed by atoms with Crippen LogP contribution in [0.2, 0.25) is 0 Å². The average Bonchev–Trinajstić information content (AvgIpc) is 2.65. The molecule has 2 rings (SSSR count). The van der Waals surface area contributed by atoms with E-state index >= 15 is 0 Å². The Hall–Kier alpha value is -2.65. The van der Waals surface area contributed by atoms with Crippen molar-refractivity contribution in [2.75, 3.05) is 20.8 Å². The zero-order valence-electron chi connectivity index (χ0n) is 14.6. The predicted molar refractivity (Wildman–Crippen MR) is 96.3 cm³/mol. The van der Waals surface area contributed by atoms with Crippen LogP contribution in [0.3, 0.4) is 0 Å². The monoisotopic (exact) mass is 379 g/mol. The maximum Gasteiger partial charge on any atom is 0.235 e. The SMILES string of the molecule is COc1ccc(CS(=O)(=O)NCC(=O)NCc2ccccn2)c(OC)c1. The number of carbonyl (C=O) groups excluding carboxylic acids is 1. The smallest absolute Gasteiger partial charge is 0.235 e. The summed E-state index contributed by atoms with van der Waals surface area (Å²) in [6.07, 6.45) is 1.62. The minimum absolute atomic E-state index is 0.230. The van der Waals surface area contributed by atoms with Crippen LogP contribution in [0.1, 0.15) is 11.3 Å². The number of carbonyl (C=O) groups is 1. The second kappa shape index (κ2) is 9.16. The number of nitrogens with zero attached hydrogens (tertiary/aromatic N) is 1. The Balaban J connectivity index is 1.89. The molecule has 0 aliphatic carbocycles. The Labute approximate surface area is 152 Å². The molecular weight excluding hydrogens is 358 g/mol. The minimum atomic E-state index is -3.71. The van der Waals surface area contributed by atoms with Crippen molar-refractivity contribution in [3.8, 4) is 11.5 Å². The van der Waals surface area contributed by atoms with Gasteiger partial charge in [-0.25, -0.2) is 13.1 Å². The molecule has 1 heterocycles. The molecule has 1 aromatic heterocycles. The number of aromatic nitrogens is 1. The van der Waals surface area contributed by atoms with Crippen LogP contribution >= 0.6 is 0 Å². The second-order valence-corrected chi connectivity index (χ2v) is 7.16. The summed E-state index contributed by atoms with van der Waals surface area (Å²) in [7, 11) is -0.754. The van der Waals surface area contributed by atoms with Crippen molar-refractivity contribution in [3.05, 3.63) is 53.9 Å². The molecule has 26 heavy (non-hydrogen) atoms. The van der Waals surface area contributed by atoms with Crippen LogP contribution in [0.25, 0.3) is 0 Å². The van der Waals surface area contributed by atoms with Crippen LogP contribution in [0.5, 0.6) is 11.5 Å². The summed E-state index contributed by atoms with van der Waals surface area (Å²) in [6, 6.07) is 10.2. The van der Waals surface area contributed by atoms with Crippen LogP contribution < -0.4 is 19.5 Å². The first kappa shape index (κ1) is 19.7. The highest BCUT2D eigenvalue weighted by Crippen LogP contribution is 2.25. The summed E-state index contributed by atoms with van der Waals surface area (Å²) in [4.78, 5) is 15.9. The highest BCUT2D eigenvalue weighted by molar-refractivity contribution is 7.88. The van der Waals surface area contributed by atoms with Gasteiger partial charge in [0.05, 0.1) is 38.8 Å². The molecule has 0 aliphatic rings. The lowest BCUT2D eigenvalue weighted by Crippen LogP contribution is -2.37. The molecule has 0 aliphatic heterocycles. The van der Waals surface area contributed by atoms with Gasteiger partial charge in [-0.15, -0.1) is 0 Å². The van der Waals surface area contributed by atoms with Crippen LogP contribution in [0, 0.1) is 0 Å². The van der Waals surface area contributed by atoms with Crippen molar-refractivity contribution < 1.29 is 22.7 Å². The number of sulfonamides is 1. The van der Waals surface area contributed by atoms with Crippen LogP contribution in [0.4, 0.5) is 0 Å². The first-order valence-corrected chi connectivity index (χ1v) is 9.43. The number of ether oxygens (including phenoxy) is 2. The van der Waals surface area contributed by atoms with Gasteiger partial charge >= 0.3 is 0 Å². The maximum atomic E-state index is 12.2. The summed E-state index contributed by atoms with van der Waals surface area (Å²) >= 11 is 0. The standard InChI is InChI=1S/C17H21N3O5S/c1-24-15-7-6-13(16(9-15)25-2)12-26(22,23)20-11-17(21)19-10-14-5-3-4-8-18-14/h3-9,20H,10-12H2,1-2H3,(H,19,21). The van der Waals surface area contributed by atoms with Gasteiger partial charge in [0.15, 0.2) is 0 Å². The van der Waals surface area contributed by atoms with E-state index in [0.29, 0.717) is 22.8 Å². The lowest BCUT2D eigenvalue weighted by atomic mass is 10.2. The van der Waals surface area contributed by atoms with Crippen molar-refractivity contribution >= 4 is 15.9 Å². The van der Waals surface area contributed by atoms with E-state index in [9.17, 15) is 13.2 Å². The zero-order valence-corrected chi connectivity index (χ0v) is 15.4. The number of amides is 1. The fourth-order valence-corrected chi connectivity index (χ4v) is 3.26. The normalized spacial score (nSPS) is 11.0. The number of benzene rings is 1. The number of rotatable bonds is 9.